The molecule has 7 nitrogen and oxygen atoms in total. The molecule has 4 heterocycles. The molecule has 0 fully saturated rings. The third-order valence-electron chi connectivity index (χ3n) is 6.30. The minimum atomic E-state index is -0.897. The lowest BCUT2D eigenvalue weighted by Crippen LogP contribution is -2.20. The topological polar surface area (TPSA) is 89.5 Å². The molecule has 182 valence electrons. The third kappa shape index (κ3) is 4.10. The van der Waals surface area contributed by atoms with E-state index in [2.05, 4.69) is 4.98 Å². The van der Waals surface area contributed by atoms with Gasteiger partial charge in [0.1, 0.15) is 16.3 Å². The van der Waals surface area contributed by atoms with Crippen LogP contribution in [0.3, 0.4) is 0 Å². The Hall–Kier alpha value is -4.27. The molecule has 37 heavy (non-hydrogen) atoms. The summed E-state index contributed by atoms with van der Waals surface area (Å²) in [7, 11) is 0. The number of benzene rings is 2. The average molecular weight is 527 g/mol. The molecular weight excluding hydrogens is 508 g/mol. The Kier molecular flexibility index (Phi) is 5.62. The van der Waals surface area contributed by atoms with E-state index in [9.17, 15) is 14.7 Å². The first-order chi connectivity index (χ1) is 17.9. The van der Waals surface area contributed by atoms with Crippen LogP contribution in [0.2, 0.25) is 5.02 Å². The Morgan fingerprint density at radius 1 is 1.05 bits per heavy atom. The smallest absolute Gasteiger partial charge is 0.307 e. The Labute approximate surface area is 219 Å². The zero-order valence-corrected chi connectivity index (χ0v) is 21.1. The molecule has 0 bridgehead atoms. The molecule has 4 aromatic heterocycles. The molecule has 0 spiro atoms. The first-order valence-electron chi connectivity index (χ1n) is 11.4. The fraction of sp³-hybridized carbons (Fsp3) is 0.0714. The van der Waals surface area contributed by atoms with Crippen molar-refractivity contribution in [2.24, 2.45) is 0 Å². The minimum Gasteiger partial charge on any atom is -0.481 e. The van der Waals surface area contributed by atoms with Crippen LogP contribution >= 0.6 is 22.9 Å². The molecule has 0 aliphatic rings. The highest BCUT2D eigenvalue weighted by Crippen LogP contribution is 2.41. The summed E-state index contributed by atoms with van der Waals surface area (Å²) in [5.41, 5.74) is 5.33. The maximum atomic E-state index is 13.0. The summed E-state index contributed by atoms with van der Waals surface area (Å²) in [4.78, 5) is 34.0. The van der Waals surface area contributed by atoms with E-state index in [0.29, 0.717) is 16.4 Å². The zero-order chi connectivity index (χ0) is 25.7. The summed E-state index contributed by atoms with van der Waals surface area (Å²) < 4.78 is 4.18. The van der Waals surface area contributed by atoms with Crippen molar-refractivity contribution < 1.29 is 9.90 Å². The largest absolute Gasteiger partial charge is 0.481 e. The van der Waals surface area contributed by atoms with Crippen molar-refractivity contribution in [2.75, 3.05) is 0 Å². The molecule has 0 amide bonds. The monoisotopic (exact) mass is 526 g/mol. The zero-order valence-electron chi connectivity index (χ0n) is 19.6. The number of carbonyl (C=O) groups is 1. The van der Waals surface area contributed by atoms with Gasteiger partial charge in [-0.3, -0.25) is 14.2 Å². The maximum Gasteiger partial charge on any atom is 0.307 e. The van der Waals surface area contributed by atoms with Crippen LogP contribution in [0.15, 0.2) is 84.2 Å². The van der Waals surface area contributed by atoms with Gasteiger partial charge in [-0.15, -0.1) is 11.3 Å². The van der Waals surface area contributed by atoms with E-state index < -0.39 is 5.97 Å². The fourth-order valence-corrected chi connectivity index (χ4v) is 5.82. The van der Waals surface area contributed by atoms with Gasteiger partial charge in [-0.25, -0.2) is 9.97 Å². The highest BCUT2D eigenvalue weighted by Gasteiger charge is 2.20. The van der Waals surface area contributed by atoms with Crippen LogP contribution in [0.5, 0.6) is 0 Å². The van der Waals surface area contributed by atoms with Gasteiger partial charge >= 0.3 is 5.97 Å². The fourth-order valence-electron chi connectivity index (χ4n) is 4.56. The summed E-state index contributed by atoms with van der Waals surface area (Å²) in [5, 5.41) is 11.0. The number of hydrogen-bond donors (Lipinski definition) is 1. The number of carboxylic acid groups (broad SMARTS) is 1. The normalized spacial score (nSPS) is 11.4. The molecule has 0 radical (unpaired) electrons. The number of thiazole rings is 1. The van der Waals surface area contributed by atoms with E-state index in [1.54, 1.807) is 35.0 Å². The molecule has 0 unspecified atom stereocenters. The van der Waals surface area contributed by atoms with E-state index in [4.69, 9.17) is 16.6 Å². The van der Waals surface area contributed by atoms with Crippen LogP contribution in [-0.4, -0.2) is 30.0 Å². The lowest BCUT2D eigenvalue weighted by molar-refractivity contribution is -0.136. The summed E-state index contributed by atoms with van der Waals surface area (Å²) in [5.74, 6) is -0.405. The molecule has 0 saturated carbocycles. The highest BCUT2D eigenvalue weighted by atomic mass is 35.5. The number of fused-ring (bicyclic) bond motifs is 2. The molecule has 0 atom stereocenters. The van der Waals surface area contributed by atoms with Gasteiger partial charge in [-0.05, 0) is 66.1 Å². The highest BCUT2D eigenvalue weighted by molar-refractivity contribution is 7.22. The van der Waals surface area contributed by atoms with E-state index in [0.717, 1.165) is 43.0 Å². The van der Waals surface area contributed by atoms with Crippen molar-refractivity contribution in [3.8, 4) is 27.5 Å². The predicted octanol–water partition coefficient (Wildman–Crippen LogP) is 6.02. The van der Waals surface area contributed by atoms with E-state index in [-0.39, 0.29) is 12.0 Å². The second kappa shape index (κ2) is 8.99. The summed E-state index contributed by atoms with van der Waals surface area (Å²) in [6.45, 7) is 1.91. The van der Waals surface area contributed by atoms with Crippen LogP contribution in [0, 0.1) is 6.92 Å². The second-order valence-corrected chi connectivity index (χ2v) is 10.1. The van der Waals surface area contributed by atoms with Gasteiger partial charge in [0, 0.05) is 40.9 Å². The van der Waals surface area contributed by atoms with Crippen molar-refractivity contribution in [1.29, 1.82) is 0 Å². The van der Waals surface area contributed by atoms with Crippen molar-refractivity contribution in [2.45, 2.75) is 13.3 Å². The number of pyridine rings is 1. The molecule has 6 aromatic rings. The number of carboxylic acids is 1. The predicted molar refractivity (Wildman–Crippen MR) is 146 cm³/mol. The molecule has 2 aromatic carbocycles. The molecule has 0 aliphatic carbocycles. The first kappa shape index (κ1) is 23.1. The second-order valence-electron chi connectivity index (χ2n) is 8.67. The van der Waals surface area contributed by atoms with Gasteiger partial charge in [0.25, 0.3) is 5.56 Å². The van der Waals surface area contributed by atoms with Crippen molar-refractivity contribution in [3.63, 3.8) is 0 Å². The van der Waals surface area contributed by atoms with E-state index in [1.165, 1.54) is 15.9 Å². The summed E-state index contributed by atoms with van der Waals surface area (Å²) in [6.07, 6.45) is 6.89. The maximum absolute atomic E-state index is 13.0. The van der Waals surface area contributed by atoms with Gasteiger partial charge < -0.3 is 9.51 Å². The number of rotatable bonds is 5. The molecule has 9 heteroatoms. The van der Waals surface area contributed by atoms with Crippen molar-refractivity contribution >= 4 is 44.6 Å². The van der Waals surface area contributed by atoms with Crippen LogP contribution in [0.4, 0.5) is 0 Å². The number of aliphatic carboxylic acids is 1. The minimum absolute atomic E-state index is 0.0997. The third-order valence-corrected chi connectivity index (χ3v) is 7.69. The number of halogens is 1. The van der Waals surface area contributed by atoms with Gasteiger partial charge in [-0.1, -0.05) is 23.7 Å². The van der Waals surface area contributed by atoms with Gasteiger partial charge in [0.2, 0.25) is 0 Å². The summed E-state index contributed by atoms with van der Waals surface area (Å²) >= 11 is 7.61. The standard InChI is InChI=1S/C28H19ClN4O3S/c1-16-13-21-26(25(20(16)15-24(34)35)17-4-6-19(29)7-5-17)37-27(31-21)18-8-9-30-23(14-18)33-12-11-32-10-2-3-22(32)28(33)36/h2-14H,15H2,1H3,(H,34,35). The number of nitrogens with zero attached hydrogens (tertiary/aromatic N) is 4. The van der Waals surface area contributed by atoms with Crippen LogP contribution in [0.1, 0.15) is 11.1 Å². The number of aromatic nitrogens is 4. The van der Waals surface area contributed by atoms with Gasteiger partial charge in [-0.2, -0.15) is 0 Å². The van der Waals surface area contributed by atoms with Crippen LogP contribution < -0.4 is 5.56 Å². The molecule has 0 aliphatic heterocycles. The molecule has 1 N–H and O–H groups in total. The quantitative estimate of drug-likeness (QED) is 0.297. The molecule has 0 saturated heterocycles. The first-order valence-corrected chi connectivity index (χ1v) is 12.6. The van der Waals surface area contributed by atoms with Crippen molar-refractivity contribution in [1.82, 2.24) is 18.9 Å². The van der Waals surface area contributed by atoms with Crippen molar-refractivity contribution in [3.05, 3.63) is 106 Å². The van der Waals surface area contributed by atoms with Crippen LogP contribution in [0.25, 0.3) is 43.2 Å². The number of hydrogen-bond acceptors (Lipinski definition) is 5. The van der Waals surface area contributed by atoms with E-state index >= 15 is 0 Å². The molecular formula is C28H19ClN4O3S. The SMILES string of the molecule is Cc1cc2nc(-c3ccnc(-n4ccn5cccc5c4=O)c3)sc2c(-c2ccc(Cl)cc2)c1CC(=O)O. The van der Waals surface area contributed by atoms with Crippen LogP contribution in [-0.2, 0) is 11.2 Å². The average Bonchev–Trinajstić information content (AvgIpc) is 3.53. The van der Waals surface area contributed by atoms with E-state index in [1.807, 2.05) is 55.7 Å². The number of aryl methyl sites for hydroxylation is 1. The Bertz CT molecular complexity index is 1890. The Morgan fingerprint density at radius 3 is 2.65 bits per heavy atom. The van der Waals surface area contributed by atoms with Gasteiger partial charge in [0.05, 0.1) is 16.6 Å². The Morgan fingerprint density at radius 2 is 1.86 bits per heavy atom. The Balaban J connectivity index is 1.53. The lowest BCUT2D eigenvalue weighted by atomic mass is 9.93. The van der Waals surface area contributed by atoms with Gasteiger partial charge in [0.15, 0.2) is 0 Å². The lowest BCUT2D eigenvalue weighted by Gasteiger charge is -2.13. The summed E-state index contributed by atoms with van der Waals surface area (Å²) in [6, 6.07) is 16.6. The molecule has 6 rings (SSSR count).